The molecule has 0 saturated carbocycles. The van der Waals surface area contributed by atoms with Crippen LogP contribution in [0.4, 0.5) is 9.52 Å². The first kappa shape index (κ1) is 13.7. The maximum Gasteiger partial charge on any atom is 0.230 e. The van der Waals surface area contributed by atoms with Gasteiger partial charge in [0.1, 0.15) is 5.82 Å². The number of benzene rings is 1. The number of halogens is 1. The Labute approximate surface area is 115 Å². The molecule has 5 heteroatoms. The molecular formula is C14H15FN2OS. The van der Waals surface area contributed by atoms with Crippen molar-refractivity contribution in [3.63, 3.8) is 0 Å². The van der Waals surface area contributed by atoms with Crippen molar-refractivity contribution in [2.45, 2.75) is 26.2 Å². The molecule has 2 rings (SSSR count). The van der Waals surface area contributed by atoms with E-state index in [2.05, 4.69) is 10.3 Å². The second kappa shape index (κ2) is 5.93. The van der Waals surface area contributed by atoms with E-state index in [1.165, 1.54) is 17.4 Å². The Morgan fingerprint density at radius 3 is 2.79 bits per heavy atom. The predicted molar refractivity (Wildman–Crippen MR) is 74.9 cm³/mol. The van der Waals surface area contributed by atoms with Gasteiger partial charge >= 0.3 is 0 Å². The highest BCUT2D eigenvalue weighted by molar-refractivity contribution is 7.13. The third-order valence-electron chi connectivity index (χ3n) is 2.67. The number of hydrogen-bond acceptors (Lipinski definition) is 3. The van der Waals surface area contributed by atoms with Crippen LogP contribution < -0.4 is 5.32 Å². The van der Waals surface area contributed by atoms with E-state index in [0.717, 1.165) is 5.69 Å². The number of rotatable bonds is 4. The van der Waals surface area contributed by atoms with Crippen LogP contribution in [0, 0.1) is 5.82 Å². The molecule has 0 radical (unpaired) electrons. The van der Waals surface area contributed by atoms with Gasteiger partial charge in [-0.2, -0.15) is 0 Å². The third-order valence-corrected chi connectivity index (χ3v) is 3.44. The molecule has 19 heavy (non-hydrogen) atoms. The Morgan fingerprint density at radius 2 is 2.16 bits per heavy atom. The van der Waals surface area contributed by atoms with Crippen molar-refractivity contribution in [1.82, 2.24) is 4.98 Å². The maximum atomic E-state index is 13.4. The summed E-state index contributed by atoms with van der Waals surface area (Å²) in [6.07, 6.45) is 0.0171. The Balaban J connectivity index is 1.99. The number of nitrogens with zero attached hydrogens (tertiary/aromatic N) is 1. The van der Waals surface area contributed by atoms with Crippen molar-refractivity contribution in [3.05, 3.63) is 46.7 Å². The molecule has 0 saturated heterocycles. The molecule has 1 aromatic carbocycles. The predicted octanol–water partition coefficient (Wildman–Crippen LogP) is 3.59. The van der Waals surface area contributed by atoms with Crippen molar-refractivity contribution in [1.29, 1.82) is 0 Å². The van der Waals surface area contributed by atoms with Crippen LogP contribution in [0.1, 0.15) is 31.0 Å². The van der Waals surface area contributed by atoms with Crippen LogP contribution >= 0.6 is 11.3 Å². The van der Waals surface area contributed by atoms with Crippen molar-refractivity contribution in [2.75, 3.05) is 5.32 Å². The molecule has 0 aliphatic rings. The third kappa shape index (κ3) is 3.61. The standard InChI is InChI=1S/C14H15FN2OS/c1-9(2)12-8-19-14(16-12)17-13(18)7-10-5-3-4-6-11(10)15/h3-6,8-9H,7H2,1-2H3,(H,16,17,18). The molecule has 2 aromatic rings. The van der Waals surface area contributed by atoms with Crippen LogP contribution in [0.25, 0.3) is 0 Å². The van der Waals surface area contributed by atoms with E-state index in [9.17, 15) is 9.18 Å². The monoisotopic (exact) mass is 278 g/mol. The van der Waals surface area contributed by atoms with Gasteiger partial charge in [0.05, 0.1) is 12.1 Å². The molecule has 0 atom stereocenters. The Morgan fingerprint density at radius 1 is 1.42 bits per heavy atom. The fraction of sp³-hybridized carbons (Fsp3) is 0.286. The second-order valence-electron chi connectivity index (χ2n) is 4.55. The summed E-state index contributed by atoms with van der Waals surface area (Å²) in [6.45, 7) is 4.08. The maximum absolute atomic E-state index is 13.4. The molecule has 0 spiro atoms. The molecule has 0 bridgehead atoms. The summed E-state index contributed by atoms with van der Waals surface area (Å²) in [5, 5.41) is 5.17. The second-order valence-corrected chi connectivity index (χ2v) is 5.41. The van der Waals surface area contributed by atoms with Crippen molar-refractivity contribution in [3.8, 4) is 0 Å². The topological polar surface area (TPSA) is 42.0 Å². The van der Waals surface area contributed by atoms with Crippen molar-refractivity contribution >= 4 is 22.4 Å². The van der Waals surface area contributed by atoms with E-state index < -0.39 is 0 Å². The van der Waals surface area contributed by atoms with Gasteiger partial charge in [0, 0.05) is 5.38 Å². The van der Waals surface area contributed by atoms with E-state index in [-0.39, 0.29) is 18.1 Å². The molecule has 0 fully saturated rings. The SMILES string of the molecule is CC(C)c1csc(NC(=O)Cc2ccccc2F)n1. The Kier molecular flexibility index (Phi) is 4.27. The number of thiazole rings is 1. The van der Waals surface area contributed by atoms with E-state index >= 15 is 0 Å². The molecular weight excluding hydrogens is 263 g/mol. The van der Waals surface area contributed by atoms with Crippen LogP contribution in [-0.2, 0) is 11.2 Å². The van der Waals surface area contributed by atoms with Gasteiger partial charge in [-0.15, -0.1) is 11.3 Å². The fourth-order valence-electron chi connectivity index (χ4n) is 1.59. The van der Waals surface area contributed by atoms with Gasteiger partial charge < -0.3 is 5.32 Å². The lowest BCUT2D eigenvalue weighted by molar-refractivity contribution is -0.115. The number of nitrogens with one attached hydrogen (secondary N) is 1. The first-order valence-electron chi connectivity index (χ1n) is 6.05. The average Bonchev–Trinajstić information content (AvgIpc) is 2.80. The Bertz CT molecular complexity index is 580. The summed E-state index contributed by atoms with van der Waals surface area (Å²) < 4.78 is 13.4. The fourth-order valence-corrected chi connectivity index (χ4v) is 2.48. The van der Waals surface area contributed by atoms with Crippen LogP contribution in [0.5, 0.6) is 0 Å². The largest absolute Gasteiger partial charge is 0.302 e. The summed E-state index contributed by atoms with van der Waals surface area (Å²) >= 11 is 1.38. The number of carbonyl (C=O) groups excluding carboxylic acids is 1. The van der Waals surface area contributed by atoms with E-state index in [0.29, 0.717) is 16.6 Å². The molecule has 1 heterocycles. The van der Waals surface area contributed by atoms with Gasteiger partial charge in [0.25, 0.3) is 0 Å². The van der Waals surface area contributed by atoms with Gasteiger partial charge in [0.2, 0.25) is 5.91 Å². The molecule has 3 nitrogen and oxygen atoms in total. The molecule has 1 aromatic heterocycles. The molecule has 0 aliphatic carbocycles. The summed E-state index contributed by atoms with van der Waals surface area (Å²) in [5.74, 6) is -0.289. The van der Waals surface area contributed by atoms with Crippen molar-refractivity contribution in [2.24, 2.45) is 0 Å². The van der Waals surface area contributed by atoms with Crippen LogP contribution in [0.2, 0.25) is 0 Å². The first-order chi connectivity index (χ1) is 9.06. The molecule has 100 valence electrons. The lowest BCUT2D eigenvalue weighted by atomic mass is 10.1. The summed E-state index contributed by atoms with van der Waals surface area (Å²) in [7, 11) is 0. The molecule has 1 amide bonds. The zero-order valence-corrected chi connectivity index (χ0v) is 11.6. The first-order valence-corrected chi connectivity index (χ1v) is 6.93. The molecule has 0 aliphatic heterocycles. The quantitative estimate of drug-likeness (QED) is 0.928. The van der Waals surface area contributed by atoms with Crippen LogP contribution in [-0.4, -0.2) is 10.9 Å². The number of anilines is 1. The van der Waals surface area contributed by atoms with E-state index in [1.807, 2.05) is 19.2 Å². The van der Waals surface area contributed by atoms with Gasteiger partial charge in [-0.25, -0.2) is 9.37 Å². The van der Waals surface area contributed by atoms with Crippen LogP contribution in [0.3, 0.4) is 0 Å². The summed E-state index contributed by atoms with van der Waals surface area (Å²) in [4.78, 5) is 16.1. The number of carbonyl (C=O) groups is 1. The average molecular weight is 278 g/mol. The lowest BCUT2D eigenvalue weighted by Crippen LogP contribution is -2.15. The zero-order valence-electron chi connectivity index (χ0n) is 10.8. The van der Waals surface area contributed by atoms with Gasteiger partial charge in [-0.1, -0.05) is 32.0 Å². The number of aromatic nitrogens is 1. The minimum atomic E-state index is -0.361. The minimum absolute atomic E-state index is 0.0171. The van der Waals surface area contributed by atoms with E-state index in [4.69, 9.17) is 0 Å². The smallest absolute Gasteiger partial charge is 0.230 e. The number of amides is 1. The normalized spacial score (nSPS) is 10.7. The minimum Gasteiger partial charge on any atom is -0.302 e. The van der Waals surface area contributed by atoms with Gasteiger partial charge in [-0.3, -0.25) is 4.79 Å². The lowest BCUT2D eigenvalue weighted by Gasteiger charge is -2.03. The van der Waals surface area contributed by atoms with Crippen molar-refractivity contribution < 1.29 is 9.18 Å². The summed E-state index contributed by atoms with van der Waals surface area (Å²) in [6, 6.07) is 6.28. The van der Waals surface area contributed by atoms with Crippen LogP contribution in [0.15, 0.2) is 29.6 Å². The Hall–Kier alpha value is -1.75. The van der Waals surface area contributed by atoms with Gasteiger partial charge in [-0.05, 0) is 17.5 Å². The van der Waals surface area contributed by atoms with E-state index in [1.54, 1.807) is 18.2 Å². The van der Waals surface area contributed by atoms with Gasteiger partial charge in [0.15, 0.2) is 5.13 Å². The molecule has 1 N–H and O–H groups in total. The highest BCUT2D eigenvalue weighted by Crippen LogP contribution is 2.21. The zero-order chi connectivity index (χ0) is 13.8. The highest BCUT2D eigenvalue weighted by Gasteiger charge is 2.11. The number of hydrogen-bond donors (Lipinski definition) is 1. The molecule has 0 unspecified atom stereocenters. The summed E-state index contributed by atoms with van der Waals surface area (Å²) in [5.41, 5.74) is 1.34. The highest BCUT2D eigenvalue weighted by atomic mass is 32.1.